The van der Waals surface area contributed by atoms with Crippen molar-refractivity contribution in [2.45, 2.75) is 19.2 Å². The number of pyridine rings is 1. The van der Waals surface area contributed by atoms with Crippen LogP contribution in [0.4, 0.5) is 17.6 Å². The van der Waals surface area contributed by atoms with Crippen molar-refractivity contribution < 1.29 is 29.2 Å². The maximum Gasteiger partial charge on any atom is 0.416 e. The predicted molar refractivity (Wildman–Crippen MR) is 109 cm³/mol. The van der Waals surface area contributed by atoms with Crippen LogP contribution in [-0.4, -0.2) is 25.6 Å². The van der Waals surface area contributed by atoms with E-state index in [1.165, 1.54) is 36.5 Å². The Balaban J connectivity index is 1.63. The van der Waals surface area contributed by atoms with Gasteiger partial charge in [0, 0.05) is 41.0 Å². The molecule has 1 aliphatic rings. The molecule has 3 heterocycles. The summed E-state index contributed by atoms with van der Waals surface area (Å²) in [6.07, 6.45) is -2.65. The lowest BCUT2D eigenvalue weighted by atomic mass is 9.96. The number of aromatic nitrogens is 3. The molecule has 0 unspecified atom stereocenters. The summed E-state index contributed by atoms with van der Waals surface area (Å²) in [6, 6.07) is 8.56. The van der Waals surface area contributed by atoms with Crippen LogP contribution in [0.2, 0.25) is 0 Å². The maximum absolute atomic E-state index is 15.4. The summed E-state index contributed by atoms with van der Waals surface area (Å²) in [5.74, 6) is -2.22. The van der Waals surface area contributed by atoms with Crippen LogP contribution >= 0.6 is 0 Å². The number of amides is 1. The van der Waals surface area contributed by atoms with Crippen molar-refractivity contribution in [1.82, 2.24) is 19.7 Å². The molecule has 1 aliphatic heterocycles. The standard InChI is InChI=1S/C23H16F4N4O/c1-30-10-16-14(4-2-6-20(16)29-30)13-8-18(23(25,26)27)17(19(24)9-13)11-31-12-21-15(22(31)32)5-3-7-28-21/h2-10H,11-12H2,1H3/i1D3,12D2. The van der Waals surface area contributed by atoms with Gasteiger partial charge < -0.3 is 4.90 Å². The number of aryl methyl sites for hydroxylation is 1. The maximum atomic E-state index is 15.4. The van der Waals surface area contributed by atoms with Crippen LogP contribution in [0.1, 0.15) is 34.0 Å². The van der Waals surface area contributed by atoms with Gasteiger partial charge >= 0.3 is 6.18 Å². The van der Waals surface area contributed by atoms with E-state index >= 15 is 4.39 Å². The highest BCUT2D eigenvalue weighted by Crippen LogP contribution is 2.39. The van der Waals surface area contributed by atoms with Crippen molar-refractivity contribution in [2.24, 2.45) is 6.98 Å². The molecule has 5 rings (SSSR count). The van der Waals surface area contributed by atoms with Gasteiger partial charge in [0.15, 0.2) is 0 Å². The van der Waals surface area contributed by atoms with Crippen molar-refractivity contribution in [2.75, 3.05) is 0 Å². The molecule has 0 saturated carbocycles. The molecule has 32 heavy (non-hydrogen) atoms. The van der Waals surface area contributed by atoms with E-state index in [0.717, 1.165) is 12.3 Å². The Labute approximate surface area is 186 Å². The fraction of sp³-hybridized carbons (Fsp3) is 0.174. The van der Waals surface area contributed by atoms with Crippen LogP contribution in [0.25, 0.3) is 22.0 Å². The molecular weight excluding hydrogens is 424 g/mol. The zero-order valence-corrected chi connectivity index (χ0v) is 16.1. The third kappa shape index (κ3) is 3.30. The fourth-order valence-electron chi connectivity index (χ4n) is 3.76. The Morgan fingerprint density at radius 2 is 2.00 bits per heavy atom. The Kier molecular flexibility index (Phi) is 3.38. The molecule has 0 N–H and O–H groups in total. The summed E-state index contributed by atoms with van der Waals surface area (Å²) in [4.78, 5) is 17.2. The molecule has 5 nitrogen and oxygen atoms in total. The normalized spacial score (nSPS) is 18.1. The molecule has 2 aromatic carbocycles. The zero-order chi connectivity index (χ0) is 26.9. The van der Waals surface area contributed by atoms with Crippen molar-refractivity contribution in [3.63, 3.8) is 0 Å². The highest BCUT2D eigenvalue weighted by atomic mass is 19.4. The number of benzene rings is 2. The first-order valence-corrected chi connectivity index (χ1v) is 9.36. The van der Waals surface area contributed by atoms with Gasteiger partial charge in [-0.2, -0.15) is 18.3 Å². The molecule has 0 bridgehead atoms. The summed E-state index contributed by atoms with van der Waals surface area (Å²) in [5, 5.41) is 4.14. The summed E-state index contributed by atoms with van der Waals surface area (Å²) in [7, 11) is 0. The Morgan fingerprint density at radius 1 is 1.19 bits per heavy atom. The van der Waals surface area contributed by atoms with E-state index < -0.39 is 49.0 Å². The Bertz CT molecular complexity index is 1570. The lowest BCUT2D eigenvalue weighted by Crippen LogP contribution is -2.26. The number of fused-ring (bicyclic) bond motifs is 2. The second kappa shape index (κ2) is 7.15. The molecule has 0 fully saturated rings. The highest BCUT2D eigenvalue weighted by Gasteiger charge is 2.37. The van der Waals surface area contributed by atoms with Crippen LogP contribution in [0.3, 0.4) is 0 Å². The minimum absolute atomic E-state index is 0.115. The first-order chi connectivity index (χ1) is 17.2. The van der Waals surface area contributed by atoms with E-state index in [0.29, 0.717) is 15.6 Å². The van der Waals surface area contributed by atoms with Gasteiger partial charge in [-0.05, 0) is 41.5 Å². The smallest absolute Gasteiger partial charge is 0.328 e. The van der Waals surface area contributed by atoms with Gasteiger partial charge in [-0.3, -0.25) is 14.5 Å². The summed E-state index contributed by atoms with van der Waals surface area (Å²) >= 11 is 0. The fourth-order valence-corrected chi connectivity index (χ4v) is 3.76. The summed E-state index contributed by atoms with van der Waals surface area (Å²) in [5.41, 5.74) is -2.56. The number of hydrogen-bond donors (Lipinski definition) is 0. The van der Waals surface area contributed by atoms with Crippen LogP contribution in [0, 0.1) is 5.82 Å². The van der Waals surface area contributed by atoms with E-state index in [1.807, 2.05) is 0 Å². The van der Waals surface area contributed by atoms with E-state index in [9.17, 15) is 18.0 Å². The monoisotopic (exact) mass is 445 g/mol. The molecule has 0 saturated heterocycles. The number of carbonyl (C=O) groups excluding carboxylic acids is 1. The number of nitrogens with zero attached hydrogens (tertiary/aromatic N) is 4. The summed E-state index contributed by atoms with van der Waals surface area (Å²) < 4.78 is 97.7. The van der Waals surface area contributed by atoms with Crippen LogP contribution < -0.4 is 0 Å². The number of rotatable bonds is 3. The number of carbonyl (C=O) groups is 1. The molecule has 0 spiro atoms. The second-order valence-electron chi connectivity index (χ2n) is 7.20. The minimum atomic E-state index is -5.05. The van der Waals surface area contributed by atoms with Crippen molar-refractivity contribution >= 4 is 16.8 Å². The first kappa shape index (κ1) is 15.1. The van der Waals surface area contributed by atoms with Gasteiger partial charge in [-0.1, -0.05) is 12.1 Å². The molecule has 0 atom stereocenters. The van der Waals surface area contributed by atoms with E-state index in [4.69, 9.17) is 6.85 Å². The van der Waals surface area contributed by atoms with E-state index in [2.05, 4.69) is 10.1 Å². The largest absolute Gasteiger partial charge is 0.416 e. The number of halogens is 4. The number of alkyl halides is 3. The second-order valence-corrected chi connectivity index (χ2v) is 7.20. The van der Waals surface area contributed by atoms with Gasteiger partial charge in [0.1, 0.15) is 5.82 Å². The molecular formula is C23H16F4N4O. The van der Waals surface area contributed by atoms with Crippen LogP contribution in [0.5, 0.6) is 0 Å². The van der Waals surface area contributed by atoms with Gasteiger partial charge in [-0.15, -0.1) is 0 Å². The average molecular weight is 445 g/mol. The van der Waals surface area contributed by atoms with Gasteiger partial charge in [0.2, 0.25) is 0 Å². The molecule has 9 heteroatoms. The van der Waals surface area contributed by atoms with Crippen molar-refractivity contribution in [3.8, 4) is 11.1 Å². The highest BCUT2D eigenvalue weighted by molar-refractivity contribution is 5.98. The minimum Gasteiger partial charge on any atom is -0.328 e. The summed E-state index contributed by atoms with van der Waals surface area (Å²) in [6.45, 7) is -6.18. The van der Waals surface area contributed by atoms with Crippen molar-refractivity contribution in [3.05, 3.63) is 83.1 Å². The van der Waals surface area contributed by atoms with E-state index in [1.54, 1.807) is 0 Å². The van der Waals surface area contributed by atoms with Crippen molar-refractivity contribution in [1.29, 1.82) is 0 Å². The quantitative estimate of drug-likeness (QED) is 0.420. The van der Waals surface area contributed by atoms with E-state index in [-0.39, 0.29) is 33.3 Å². The van der Waals surface area contributed by atoms with Gasteiger partial charge in [0.05, 0.1) is 31.6 Å². The first-order valence-electron chi connectivity index (χ1n) is 11.9. The SMILES string of the molecule is [2H]C1([2H])c2ncccc2C(=O)N1Cc1c(F)cc(-c2cccc3nn(C([2H])([2H])[2H])cc23)cc1C(F)(F)F. The van der Waals surface area contributed by atoms with Crippen LogP contribution in [0.15, 0.2) is 54.9 Å². The molecule has 4 aromatic rings. The Hall–Kier alpha value is -3.75. The molecule has 1 amide bonds. The van der Waals surface area contributed by atoms with Gasteiger partial charge in [-0.25, -0.2) is 4.39 Å². The lowest BCUT2D eigenvalue weighted by molar-refractivity contribution is -0.138. The molecule has 162 valence electrons. The predicted octanol–water partition coefficient (Wildman–Crippen LogP) is 4.95. The topological polar surface area (TPSA) is 51.0 Å². The van der Waals surface area contributed by atoms with Crippen LogP contribution in [-0.2, 0) is 26.2 Å². The number of hydrogen-bond acceptors (Lipinski definition) is 3. The molecule has 0 aliphatic carbocycles. The molecule has 2 aromatic heterocycles. The lowest BCUT2D eigenvalue weighted by Gasteiger charge is -2.21. The van der Waals surface area contributed by atoms with Gasteiger partial charge in [0.25, 0.3) is 5.91 Å². The zero-order valence-electron chi connectivity index (χ0n) is 21.1. The third-order valence-corrected chi connectivity index (χ3v) is 5.20. The third-order valence-electron chi connectivity index (χ3n) is 5.20. The molecule has 0 radical (unpaired) electrons. The average Bonchev–Trinajstić information content (AvgIpc) is 3.33. The Morgan fingerprint density at radius 3 is 2.75 bits per heavy atom.